The van der Waals surface area contributed by atoms with Crippen LogP contribution in [0.15, 0.2) is 97.3 Å². The highest BCUT2D eigenvalue weighted by Gasteiger charge is 2.45. The molecule has 67 heavy (non-hydrogen) atoms. The quantitative estimate of drug-likeness (QED) is 0.0401. The number of imide groups is 2. The van der Waals surface area contributed by atoms with Crippen molar-refractivity contribution in [3.63, 3.8) is 0 Å². The SMILES string of the molecule is N#Cc1cncc(COc2cc(OCc3cccc(-c4ccccc4F)c3Cl)ccc2CNCCCOCCOCCOCCCNc2cccc3c2C(=O)N(C2CCC(=O)NC2=O)C3=O)c1. The van der Waals surface area contributed by atoms with Gasteiger partial charge in [-0.25, -0.2) is 4.39 Å². The molecule has 1 atom stereocenters. The molecule has 4 amide bonds. The van der Waals surface area contributed by atoms with Crippen LogP contribution in [0.1, 0.15) is 68.7 Å². The second-order valence-corrected chi connectivity index (χ2v) is 16.0. The maximum atomic E-state index is 14.6. The summed E-state index contributed by atoms with van der Waals surface area (Å²) in [7, 11) is 0. The molecule has 348 valence electrons. The first-order chi connectivity index (χ1) is 32.7. The van der Waals surface area contributed by atoms with Gasteiger partial charge in [-0.05, 0) is 56.1 Å². The Hall–Kier alpha value is -6.74. The first-order valence-electron chi connectivity index (χ1n) is 22.0. The van der Waals surface area contributed by atoms with E-state index in [1.165, 1.54) is 12.3 Å². The Balaban J connectivity index is 0.771. The lowest BCUT2D eigenvalue weighted by Crippen LogP contribution is -2.54. The molecule has 15 nitrogen and oxygen atoms in total. The van der Waals surface area contributed by atoms with Crippen molar-refractivity contribution in [2.24, 2.45) is 0 Å². The molecule has 0 aliphatic carbocycles. The second kappa shape index (κ2) is 24.2. The summed E-state index contributed by atoms with van der Waals surface area (Å²) in [6.45, 7) is 4.69. The zero-order valence-corrected chi connectivity index (χ0v) is 37.4. The van der Waals surface area contributed by atoms with E-state index in [4.69, 9.17) is 35.3 Å². The molecule has 2 aliphatic rings. The van der Waals surface area contributed by atoms with Crippen LogP contribution in [0.25, 0.3) is 11.1 Å². The summed E-state index contributed by atoms with van der Waals surface area (Å²) >= 11 is 6.73. The first-order valence-corrected chi connectivity index (χ1v) is 22.4. The van der Waals surface area contributed by atoms with Crippen LogP contribution >= 0.6 is 11.6 Å². The van der Waals surface area contributed by atoms with Crippen LogP contribution in [0.3, 0.4) is 0 Å². The van der Waals surface area contributed by atoms with E-state index in [0.717, 1.165) is 22.4 Å². The lowest BCUT2D eigenvalue weighted by Gasteiger charge is -2.27. The van der Waals surface area contributed by atoms with Crippen LogP contribution in [0.5, 0.6) is 11.5 Å². The number of amides is 4. The van der Waals surface area contributed by atoms with Crippen molar-refractivity contribution in [2.45, 2.75) is 51.5 Å². The number of aromatic nitrogens is 1. The third kappa shape index (κ3) is 12.8. The van der Waals surface area contributed by atoms with E-state index in [9.17, 15) is 28.8 Å². The predicted molar refractivity (Wildman–Crippen MR) is 246 cm³/mol. The summed E-state index contributed by atoms with van der Waals surface area (Å²) in [4.78, 5) is 55.4. The number of anilines is 1. The maximum absolute atomic E-state index is 14.6. The Morgan fingerprint density at radius 1 is 0.776 bits per heavy atom. The highest BCUT2D eigenvalue weighted by atomic mass is 35.5. The molecule has 1 saturated heterocycles. The van der Waals surface area contributed by atoms with Crippen LogP contribution in [-0.2, 0) is 43.6 Å². The number of ether oxygens (including phenoxy) is 5. The number of fused-ring (bicyclic) bond motifs is 1. The summed E-state index contributed by atoms with van der Waals surface area (Å²) in [5.74, 6) is -1.37. The number of hydrogen-bond donors (Lipinski definition) is 3. The van der Waals surface area contributed by atoms with Crippen LogP contribution in [-0.4, -0.2) is 92.3 Å². The molecule has 3 N–H and O–H groups in total. The molecule has 0 radical (unpaired) electrons. The van der Waals surface area contributed by atoms with Gasteiger partial charge in [-0.3, -0.25) is 34.4 Å². The van der Waals surface area contributed by atoms with E-state index >= 15 is 0 Å². The van der Waals surface area contributed by atoms with Gasteiger partial charge in [0.15, 0.2) is 0 Å². The molecular weight excluding hydrogens is 883 g/mol. The summed E-state index contributed by atoms with van der Waals surface area (Å²) in [6, 6.07) is 25.3. The number of benzene rings is 4. The molecule has 5 aromatic rings. The van der Waals surface area contributed by atoms with Crippen LogP contribution < -0.4 is 25.4 Å². The zero-order valence-electron chi connectivity index (χ0n) is 36.7. The molecular formula is C50H50ClFN6O9. The average molecular weight is 933 g/mol. The molecule has 2 aliphatic heterocycles. The maximum Gasteiger partial charge on any atom is 0.264 e. The van der Waals surface area contributed by atoms with E-state index in [0.29, 0.717) is 110 Å². The van der Waals surface area contributed by atoms with Crippen molar-refractivity contribution in [3.05, 3.63) is 142 Å². The summed E-state index contributed by atoms with van der Waals surface area (Å²) < 4.78 is 44.0. The highest BCUT2D eigenvalue weighted by Crippen LogP contribution is 2.35. The molecule has 7 rings (SSSR count). The minimum absolute atomic E-state index is 0.0594. The third-order valence-corrected chi connectivity index (χ3v) is 11.4. The van der Waals surface area contributed by atoms with E-state index in [1.54, 1.807) is 54.7 Å². The smallest absolute Gasteiger partial charge is 0.264 e. The normalized spacial score (nSPS) is 14.5. The van der Waals surface area contributed by atoms with Gasteiger partial charge in [0.1, 0.15) is 42.6 Å². The standard InChI is InChI=1S/C50H50ClFN6O9/c51-47-36(7-3-9-39(47)38-8-1-2-11-41(38)52)32-66-37-14-13-35(44(26-37)67-31-34-25-33(27-53)28-55-29-34)30-54-17-5-19-63-21-23-65-24-22-64-20-6-18-56-42-12-4-10-40-46(42)50(62)58(49(40)61)43-15-16-45(59)57-48(43)60/h1-4,7-14,25-26,28-29,43,54,56H,5-6,15-24,30-32H2,(H,57,59,60). The number of carbonyl (C=O) groups excluding carboxylic acids is 4. The van der Waals surface area contributed by atoms with Gasteiger partial charge in [-0.2, -0.15) is 5.26 Å². The van der Waals surface area contributed by atoms with Crippen molar-refractivity contribution in [1.29, 1.82) is 5.26 Å². The monoisotopic (exact) mass is 932 g/mol. The Bertz CT molecular complexity index is 2610. The van der Waals surface area contributed by atoms with Gasteiger partial charge in [0.2, 0.25) is 11.8 Å². The number of rotatable bonds is 25. The predicted octanol–water partition coefficient (Wildman–Crippen LogP) is 7.00. The molecule has 1 unspecified atom stereocenters. The number of nitrogens with one attached hydrogen (secondary N) is 3. The van der Waals surface area contributed by atoms with Crippen LogP contribution in [0.2, 0.25) is 5.02 Å². The number of hydrogen-bond acceptors (Lipinski definition) is 13. The van der Waals surface area contributed by atoms with E-state index in [-0.39, 0.29) is 43.0 Å². The third-order valence-electron chi connectivity index (χ3n) is 10.9. The summed E-state index contributed by atoms with van der Waals surface area (Å²) in [5, 5.41) is 18.6. The Labute approximate surface area is 392 Å². The van der Waals surface area contributed by atoms with Gasteiger partial charge in [-0.15, -0.1) is 0 Å². The fraction of sp³-hybridized carbons (Fsp3) is 0.320. The topological polar surface area (TPSA) is 190 Å². The summed E-state index contributed by atoms with van der Waals surface area (Å²) in [6.07, 6.45) is 4.71. The number of nitrogens with zero attached hydrogens (tertiary/aromatic N) is 3. The lowest BCUT2D eigenvalue weighted by atomic mass is 10.0. The molecule has 4 aromatic carbocycles. The van der Waals surface area contributed by atoms with Gasteiger partial charge in [0, 0.05) is 84.7 Å². The van der Waals surface area contributed by atoms with Gasteiger partial charge < -0.3 is 34.3 Å². The number of pyridine rings is 1. The van der Waals surface area contributed by atoms with Crippen molar-refractivity contribution >= 4 is 40.9 Å². The Morgan fingerprint density at radius 3 is 2.28 bits per heavy atom. The van der Waals surface area contributed by atoms with E-state index in [1.807, 2.05) is 30.3 Å². The molecule has 17 heteroatoms. The average Bonchev–Trinajstić information content (AvgIpc) is 3.59. The van der Waals surface area contributed by atoms with E-state index in [2.05, 4.69) is 27.0 Å². The molecule has 1 aromatic heterocycles. The van der Waals surface area contributed by atoms with Gasteiger partial charge in [0.05, 0.1) is 48.1 Å². The fourth-order valence-electron chi connectivity index (χ4n) is 7.56. The zero-order chi connectivity index (χ0) is 47.0. The molecule has 0 spiro atoms. The first kappa shape index (κ1) is 48.2. The van der Waals surface area contributed by atoms with E-state index < -0.39 is 29.7 Å². The lowest BCUT2D eigenvalue weighted by molar-refractivity contribution is -0.136. The van der Waals surface area contributed by atoms with Crippen molar-refractivity contribution in [2.75, 3.05) is 58.0 Å². The number of halogens is 2. The van der Waals surface area contributed by atoms with Gasteiger partial charge in [-0.1, -0.05) is 60.1 Å². The molecule has 0 bridgehead atoms. The van der Waals surface area contributed by atoms with Crippen LogP contribution in [0.4, 0.5) is 10.1 Å². The fourth-order valence-corrected chi connectivity index (χ4v) is 7.84. The van der Waals surface area contributed by atoms with Crippen molar-refractivity contribution in [1.82, 2.24) is 20.5 Å². The second-order valence-electron chi connectivity index (χ2n) is 15.6. The van der Waals surface area contributed by atoms with Crippen molar-refractivity contribution in [3.8, 4) is 28.7 Å². The van der Waals surface area contributed by atoms with Crippen molar-refractivity contribution < 1.29 is 47.3 Å². The Kier molecular flexibility index (Phi) is 17.4. The summed E-state index contributed by atoms with van der Waals surface area (Å²) in [5.41, 5.74) is 4.73. The molecule has 0 saturated carbocycles. The molecule has 1 fully saturated rings. The number of piperidine rings is 1. The van der Waals surface area contributed by atoms with Gasteiger partial charge in [0.25, 0.3) is 11.8 Å². The number of nitriles is 1. The molecule has 3 heterocycles. The van der Waals surface area contributed by atoms with Crippen LogP contribution in [0, 0.1) is 17.1 Å². The highest BCUT2D eigenvalue weighted by molar-refractivity contribution is 6.34. The largest absolute Gasteiger partial charge is 0.489 e. The minimum Gasteiger partial charge on any atom is -0.489 e. The minimum atomic E-state index is -1.02. The number of carbonyl (C=O) groups is 4. The van der Waals surface area contributed by atoms with Gasteiger partial charge >= 0.3 is 0 Å². The Morgan fingerprint density at radius 2 is 1.51 bits per heavy atom.